The third-order valence-electron chi connectivity index (χ3n) is 6.50. The summed E-state index contributed by atoms with van der Waals surface area (Å²) in [5, 5.41) is 3.13. The molecule has 2 aromatic rings. The van der Waals surface area contributed by atoms with Gasteiger partial charge < -0.3 is 10.1 Å². The van der Waals surface area contributed by atoms with Crippen LogP contribution in [0.5, 0.6) is 5.75 Å². The standard InChI is InChI=1S/C26H36N2O4S/c1-5-24(21-10-9-19(2)20(3)17-21)27-26(29)14-11-22-18-23(12-13-25(22)32-4)33(30,31)28-15-7-6-8-16-28/h9-10,12-13,17-18,24H,5-8,11,14-16H2,1-4H3,(H,27,29)/t24-/m1/s1. The van der Waals surface area contributed by atoms with E-state index in [0.29, 0.717) is 25.3 Å². The van der Waals surface area contributed by atoms with Crippen LogP contribution in [0, 0.1) is 13.8 Å². The summed E-state index contributed by atoms with van der Waals surface area (Å²) in [7, 11) is -1.98. The molecule has 1 aliphatic heterocycles. The number of sulfonamides is 1. The van der Waals surface area contributed by atoms with Crippen molar-refractivity contribution in [1.82, 2.24) is 9.62 Å². The largest absolute Gasteiger partial charge is 0.496 e. The summed E-state index contributed by atoms with van der Waals surface area (Å²) in [4.78, 5) is 13.0. The fraction of sp³-hybridized carbons (Fsp3) is 0.500. The maximum Gasteiger partial charge on any atom is 0.243 e. The smallest absolute Gasteiger partial charge is 0.243 e. The molecular weight excluding hydrogens is 436 g/mol. The Balaban J connectivity index is 1.71. The Kier molecular flexibility index (Phi) is 8.54. The molecule has 0 unspecified atom stereocenters. The highest BCUT2D eigenvalue weighted by molar-refractivity contribution is 7.89. The molecule has 1 saturated heterocycles. The first-order chi connectivity index (χ1) is 15.8. The van der Waals surface area contributed by atoms with Crippen molar-refractivity contribution in [3.63, 3.8) is 0 Å². The van der Waals surface area contributed by atoms with Crippen molar-refractivity contribution in [2.45, 2.75) is 70.2 Å². The summed E-state index contributed by atoms with van der Waals surface area (Å²) < 4.78 is 33.2. The van der Waals surface area contributed by atoms with Crippen LogP contribution >= 0.6 is 0 Å². The molecule has 0 spiro atoms. The molecule has 0 radical (unpaired) electrons. The highest BCUT2D eigenvalue weighted by Crippen LogP contribution is 2.27. The van der Waals surface area contributed by atoms with Gasteiger partial charge in [-0.25, -0.2) is 8.42 Å². The van der Waals surface area contributed by atoms with E-state index in [0.717, 1.165) is 36.8 Å². The van der Waals surface area contributed by atoms with Gasteiger partial charge in [0.1, 0.15) is 5.75 Å². The van der Waals surface area contributed by atoms with Gasteiger partial charge in [-0.1, -0.05) is 31.5 Å². The zero-order chi connectivity index (χ0) is 24.0. The lowest BCUT2D eigenvalue weighted by Crippen LogP contribution is -2.35. The van der Waals surface area contributed by atoms with Crippen LogP contribution < -0.4 is 10.1 Å². The number of carbonyl (C=O) groups is 1. The zero-order valence-electron chi connectivity index (χ0n) is 20.2. The van der Waals surface area contributed by atoms with E-state index in [9.17, 15) is 13.2 Å². The van der Waals surface area contributed by atoms with Gasteiger partial charge in [0.25, 0.3) is 0 Å². The van der Waals surface area contributed by atoms with Crippen LogP contribution in [0.1, 0.15) is 67.3 Å². The first-order valence-corrected chi connectivity index (χ1v) is 13.2. The van der Waals surface area contributed by atoms with Crippen molar-refractivity contribution in [2.75, 3.05) is 20.2 Å². The normalized spacial score (nSPS) is 15.8. The lowest BCUT2D eigenvalue weighted by atomic mass is 9.99. The Labute approximate surface area is 198 Å². The highest BCUT2D eigenvalue weighted by Gasteiger charge is 2.26. The predicted molar refractivity (Wildman–Crippen MR) is 131 cm³/mol. The second kappa shape index (κ2) is 11.2. The second-order valence-electron chi connectivity index (χ2n) is 8.81. The van der Waals surface area contributed by atoms with Gasteiger partial charge in [0.05, 0.1) is 18.0 Å². The van der Waals surface area contributed by atoms with Crippen LogP contribution in [0.3, 0.4) is 0 Å². The van der Waals surface area contributed by atoms with Gasteiger partial charge in [0.2, 0.25) is 15.9 Å². The average Bonchev–Trinajstić information content (AvgIpc) is 2.83. The molecule has 3 rings (SSSR count). The van der Waals surface area contributed by atoms with Crippen molar-refractivity contribution < 1.29 is 17.9 Å². The van der Waals surface area contributed by atoms with Crippen molar-refractivity contribution in [3.8, 4) is 5.75 Å². The van der Waals surface area contributed by atoms with E-state index in [1.165, 1.54) is 11.1 Å². The fourth-order valence-corrected chi connectivity index (χ4v) is 5.85. The van der Waals surface area contributed by atoms with E-state index in [1.807, 2.05) is 0 Å². The number of aryl methyl sites for hydroxylation is 3. The molecule has 2 aromatic carbocycles. The van der Waals surface area contributed by atoms with Gasteiger partial charge in [-0.2, -0.15) is 4.31 Å². The molecule has 0 saturated carbocycles. The molecule has 1 heterocycles. The first kappa shape index (κ1) is 25.2. The van der Waals surface area contributed by atoms with Gasteiger partial charge in [-0.15, -0.1) is 0 Å². The number of hydrogen-bond acceptors (Lipinski definition) is 4. The van der Waals surface area contributed by atoms with Gasteiger partial charge in [-0.3, -0.25) is 4.79 Å². The highest BCUT2D eigenvalue weighted by atomic mass is 32.2. The van der Waals surface area contributed by atoms with Crippen LogP contribution in [0.2, 0.25) is 0 Å². The third kappa shape index (κ3) is 6.15. The molecular formula is C26H36N2O4S. The van der Waals surface area contributed by atoms with Crippen LogP contribution in [-0.4, -0.2) is 38.8 Å². The van der Waals surface area contributed by atoms with Gasteiger partial charge in [0.15, 0.2) is 0 Å². The summed E-state index contributed by atoms with van der Waals surface area (Å²) in [5.41, 5.74) is 4.26. The van der Waals surface area contributed by atoms with Crippen molar-refractivity contribution in [3.05, 3.63) is 58.7 Å². The zero-order valence-corrected chi connectivity index (χ0v) is 21.0. The average molecular weight is 473 g/mol. The number of benzene rings is 2. The summed E-state index contributed by atoms with van der Waals surface area (Å²) in [6.45, 7) is 7.32. The van der Waals surface area contributed by atoms with E-state index in [-0.39, 0.29) is 23.3 Å². The quantitative estimate of drug-likeness (QED) is 0.575. The van der Waals surface area contributed by atoms with Crippen LogP contribution in [0.25, 0.3) is 0 Å². The van der Waals surface area contributed by atoms with Gasteiger partial charge in [0, 0.05) is 19.5 Å². The van der Waals surface area contributed by atoms with Gasteiger partial charge in [-0.05, 0) is 80.0 Å². The summed E-state index contributed by atoms with van der Waals surface area (Å²) in [6, 6.07) is 11.2. The Morgan fingerprint density at radius 1 is 1.06 bits per heavy atom. The number of nitrogens with zero attached hydrogens (tertiary/aromatic N) is 1. The number of nitrogens with one attached hydrogen (secondary N) is 1. The molecule has 7 heteroatoms. The van der Waals surface area contributed by atoms with Crippen molar-refractivity contribution in [2.24, 2.45) is 0 Å². The molecule has 0 aliphatic carbocycles. The predicted octanol–water partition coefficient (Wildman–Crippen LogP) is 4.69. The number of hydrogen-bond donors (Lipinski definition) is 1. The van der Waals surface area contributed by atoms with Crippen molar-refractivity contribution in [1.29, 1.82) is 0 Å². The minimum absolute atomic E-state index is 0.0514. The van der Waals surface area contributed by atoms with E-state index < -0.39 is 10.0 Å². The van der Waals surface area contributed by atoms with Crippen molar-refractivity contribution >= 4 is 15.9 Å². The topological polar surface area (TPSA) is 75.7 Å². The fourth-order valence-electron chi connectivity index (χ4n) is 4.28. The van der Waals surface area contributed by atoms with E-state index in [2.05, 4.69) is 44.3 Å². The monoisotopic (exact) mass is 472 g/mol. The lowest BCUT2D eigenvalue weighted by molar-refractivity contribution is -0.121. The molecule has 1 aliphatic rings. The molecule has 6 nitrogen and oxygen atoms in total. The number of carbonyl (C=O) groups excluding carboxylic acids is 1. The third-order valence-corrected chi connectivity index (χ3v) is 8.40. The maximum absolute atomic E-state index is 13.1. The SMILES string of the molecule is CC[C@@H](NC(=O)CCc1cc(S(=O)(=O)N2CCCCC2)ccc1OC)c1ccc(C)c(C)c1. The first-order valence-electron chi connectivity index (χ1n) is 11.8. The maximum atomic E-state index is 13.1. The van der Waals surface area contributed by atoms with Gasteiger partial charge >= 0.3 is 0 Å². The minimum atomic E-state index is -3.54. The molecule has 1 N–H and O–H groups in total. The Morgan fingerprint density at radius 3 is 2.42 bits per heavy atom. The summed E-state index contributed by atoms with van der Waals surface area (Å²) in [6.07, 6.45) is 4.30. The Hall–Kier alpha value is -2.38. The molecule has 1 atom stereocenters. The summed E-state index contributed by atoms with van der Waals surface area (Å²) in [5.74, 6) is 0.535. The van der Waals surface area contributed by atoms with E-state index in [4.69, 9.17) is 4.74 Å². The van der Waals surface area contributed by atoms with Crippen LogP contribution in [-0.2, 0) is 21.2 Å². The Morgan fingerprint density at radius 2 is 1.79 bits per heavy atom. The van der Waals surface area contributed by atoms with E-state index >= 15 is 0 Å². The number of ether oxygens (including phenoxy) is 1. The summed E-state index contributed by atoms with van der Waals surface area (Å²) >= 11 is 0. The van der Waals surface area contributed by atoms with Crippen LogP contribution in [0.4, 0.5) is 0 Å². The second-order valence-corrected chi connectivity index (χ2v) is 10.7. The Bertz CT molecular complexity index is 1080. The molecule has 180 valence electrons. The number of rotatable bonds is 9. The molecule has 0 aromatic heterocycles. The lowest BCUT2D eigenvalue weighted by Gasteiger charge is -2.26. The minimum Gasteiger partial charge on any atom is -0.496 e. The number of piperidine rings is 1. The molecule has 0 bridgehead atoms. The molecule has 1 amide bonds. The van der Waals surface area contributed by atoms with Crippen LogP contribution in [0.15, 0.2) is 41.3 Å². The van der Waals surface area contributed by atoms with E-state index in [1.54, 1.807) is 29.6 Å². The number of amides is 1. The molecule has 1 fully saturated rings. The molecule has 33 heavy (non-hydrogen) atoms. The number of methoxy groups -OCH3 is 1.